The van der Waals surface area contributed by atoms with Gasteiger partial charge in [-0.05, 0) is 31.4 Å². The summed E-state index contributed by atoms with van der Waals surface area (Å²) in [5, 5.41) is 8.72. The number of furan rings is 1. The van der Waals surface area contributed by atoms with Crippen molar-refractivity contribution in [3.8, 4) is 0 Å². The first kappa shape index (κ1) is 15.5. The first-order chi connectivity index (χ1) is 11.8. The summed E-state index contributed by atoms with van der Waals surface area (Å²) in [6.07, 6.45) is 6.25. The molecular formula is C17H20N4O2S. The molecule has 126 valence electrons. The van der Waals surface area contributed by atoms with E-state index in [1.165, 1.54) is 0 Å². The molecule has 1 aliphatic carbocycles. The average Bonchev–Trinajstić information content (AvgIpc) is 3.22. The van der Waals surface area contributed by atoms with E-state index in [0.29, 0.717) is 12.4 Å². The molecule has 0 radical (unpaired) electrons. The number of aromatic nitrogens is 3. The summed E-state index contributed by atoms with van der Waals surface area (Å²) in [4.78, 5) is 17.2. The Morgan fingerprint density at radius 2 is 2.38 bits per heavy atom. The van der Waals surface area contributed by atoms with Crippen molar-refractivity contribution in [3.63, 3.8) is 0 Å². The van der Waals surface area contributed by atoms with E-state index >= 15 is 0 Å². The molecular weight excluding hydrogens is 324 g/mol. The number of thioether (sulfide) groups is 1. The van der Waals surface area contributed by atoms with Gasteiger partial charge in [-0.1, -0.05) is 25.1 Å². The predicted octanol–water partition coefficient (Wildman–Crippen LogP) is 3.79. The van der Waals surface area contributed by atoms with Crippen LogP contribution in [0.3, 0.4) is 0 Å². The van der Waals surface area contributed by atoms with E-state index in [1.54, 1.807) is 22.7 Å². The maximum absolute atomic E-state index is 12.6. The number of Topliss-reactive ketones (excluding diaryl/α,β-unsaturated/α-hetero) is 1. The minimum absolute atomic E-state index is 0.173. The Balaban J connectivity index is 1.74. The second-order valence-electron chi connectivity index (χ2n) is 6.08. The summed E-state index contributed by atoms with van der Waals surface area (Å²) < 4.78 is 7.43. The fourth-order valence-electron chi connectivity index (χ4n) is 3.22. The maximum atomic E-state index is 12.6. The van der Waals surface area contributed by atoms with Gasteiger partial charge in [0.2, 0.25) is 11.1 Å². The van der Waals surface area contributed by atoms with E-state index in [4.69, 9.17) is 4.42 Å². The Morgan fingerprint density at radius 1 is 1.46 bits per heavy atom. The van der Waals surface area contributed by atoms with Crippen LogP contribution in [-0.4, -0.2) is 26.3 Å². The van der Waals surface area contributed by atoms with Gasteiger partial charge in [0.25, 0.3) is 0 Å². The second kappa shape index (κ2) is 6.47. The van der Waals surface area contributed by atoms with Crippen molar-refractivity contribution in [2.24, 2.45) is 0 Å². The average molecular weight is 344 g/mol. The molecule has 0 spiro atoms. The van der Waals surface area contributed by atoms with Gasteiger partial charge >= 0.3 is 0 Å². The summed E-state index contributed by atoms with van der Waals surface area (Å²) in [5.74, 6) is 2.60. The molecule has 2 aliphatic rings. The second-order valence-corrected chi connectivity index (χ2v) is 7.14. The molecule has 0 saturated carbocycles. The van der Waals surface area contributed by atoms with Crippen LogP contribution in [0.1, 0.15) is 50.8 Å². The maximum Gasteiger partial charge on any atom is 0.227 e. The van der Waals surface area contributed by atoms with E-state index < -0.39 is 0 Å². The van der Waals surface area contributed by atoms with Crippen LogP contribution in [0, 0.1) is 0 Å². The van der Waals surface area contributed by atoms with Crippen LogP contribution in [0.25, 0.3) is 0 Å². The number of fused-ring (bicyclic) bond motifs is 1. The first-order valence-corrected chi connectivity index (χ1v) is 9.42. The van der Waals surface area contributed by atoms with E-state index in [0.717, 1.165) is 53.6 Å². The summed E-state index contributed by atoms with van der Waals surface area (Å²) in [6, 6.07) is 3.43. The lowest BCUT2D eigenvalue weighted by molar-refractivity contribution is -0.116. The third-order valence-corrected chi connectivity index (χ3v) is 5.31. The number of ketones is 1. The zero-order valence-electron chi connectivity index (χ0n) is 13.6. The number of unbranched alkanes of at least 4 members (excludes halogenated alkanes) is 1. The molecule has 2 aromatic rings. The Morgan fingerprint density at radius 3 is 3.17 bits per heavy atom. The third-order valence-electron chi connectivity index (χ3n) is 4.39. The minimum atomic E-state index is -0.313. The van der Waals surface area contributed by atoms with Crippen molar-refractivity contribution in [1.82, 2.24) is 14.8 Å². The fraction of sp³-hybridized carbons (Fsp3) is 0.471. The van der Waals surface area contributed by atoms with Crippen LogP contribution in [0.2, 0.25) is 0 Å². The van der Waals surface area contributed by atoms with Crippen molar-refractivity contribution in [3.05, 3.63) is 35.4 Å². The van der Waals surface area contributed by atoms with Gasteiger partial charge in [0.1, 0.15) is 11.8 Å². The Bertz CT molecular complexity index is 779. The lowest BCUT2D eigenvalue weighted by Gasteiger charge is -2.30. The van der Waals surface area contributed by atoms with Gasteiger partial charge in [-0.25, -0.2) is 4.68 Å². The van der Waals surface area contributed by atoms with Gasteiger partial charge in [0, 0.05) is 23.4 Å². The largest absolute Gasteiger partial charge is 0.467 e. The lowest BCUT2D eigenvalue weighted by atomic mass is 9.88. The molecule has 6 nitrogen and oxygen atoms in total. The van der Waals surface area contributed by atoms with Crippen molar-refractivity contribution in [2.75, 3.05) is 11.1 Å². The third kappa shape index (κ3) is 2.66. The predicted molar refractivity (Wildman–Crippen MR) is 92.0 cm³/mol. The highest BCUT2D eigenvalue weighted by molar-refractivity contribution is 7.99. The molecule has 0 saturated heterocycles. The molecule has 3 heterocycles. The molecule has 1 aliphatic heterocycles. The Hall–Kier alpha value is -2.02. The van der Waals surface area contributed by atoms with Gasteiger partial charge in [0.05, 0.1) is 6.26 Å². The van der Waals surface area contributed by atoms with Crippen LogP contribution in [0.4, 0.5) is 5.95 Å². The molecule has 0 aromatic carbocycles. The fourth-order valence-corrected chi connectivity index (χ4v) is 4.13. The molecule has 2 aromatic heterocycles. The highest BCUT2D eigenvalue weighted by atomic mass is 32.2. The Labute approximate surface area is 144 Å². The SMILES string of the molecule is CCCCSc1nc2n(n1)C(c1ccco1)C1=C(CCCC1=O)N2. The normalized spacial score (nSPS) is 19.9. The molecule has 7 heteroatoms. The first-order valence-electron chi connectivity index (χ1n) is 8.44. The summed E-state index contributed by atoms with van der Waals surface area (Å²) in [7, 11) is 0. The topological polar surface area (TPSA) is 73.0 Å². The molecule has 0 bridgehead atoms. The molecule has 1 atom stereocenters. The Kier molecular flexibility index (Phi) is 4.18. The van der Waals surface area contributed by atoms with Crippen LogP contribution in [0.5, 0.6) is 0 Å². The van der Waals surface area contributed by atoms with Crippen LogP contribution < -0.4 is 5.32 Å². The molecule has 1 N–H and O–H groups in total. The number of carbonyl (C=O) groups excluding carboxylic acids is 1. The quantitative estimate of drug-likeness (QED) is 0.657. The number of allylic oxidation sites excluding steroid dienone is 2. The minimum Gasteiger partial charge on any atom is -0.467 e. The number of carbonyl (C=O) groups is 1. The van der Waals surface area contributed by atoms with E-state index in [2.05, 4.69) is 22.3 Å². The van der Waals surface area contributed by atoms with Crippen LogP contribution in [-0.2, 0) is 4.79 Å². The lowest BCUT2D eigenvalue weighted by Crippen LogP contribution is -2.31. The van der Waals surface area contributed by atoms with Gasteiger partial charge in [0.15, 0.2) is 5.78 Å². The van der Waals surface area contributed by atoms with Crippen LogP contribution >= 0.6 is 11.8 Å². The van der Waals surface area contributed by atoms with Gasteiger partial charge < -0.3 is 9.73 Å². The zero-order chi connectivity index (χ0) is 16.5. The summed E-state index contributed by atoms with van der Waals surface area (Å²) >= 11 is 1.65. The monoisotopic (exact) mass is 344 g/mol. The smallest absolute Gasteiger partial charge is 0.227 e. The van der Waals surface area contributed by atoms with Gasteiger partial charge in [-0.2, -0.15) is 4.98 Å². The van der Waals surface area contributed by atoms with Gasteiger partial charge in [-0.3, -0.25) is 4.79 Å². The summed E-state index contributed by atoms with van der Waals surface area (Å²) in [5.41, 5.74) is 1.75. The van der Waals surface area contributed by atoms with Crippen LogP contribution in [0.15, 0.2) is 39.2 Å². The van der Waals surface area contributed by atoms with Crippen molar-refractivity contribution < 1.29 is 9.21 Å². The number of rotatable bonds is 5. The van der Waals surface area contributed by atoms with E-state index in [-0.39, 0.29) is 11.8 Å². The highest BCUT2D eigenvalue weighted by Gasteiger charge is 2.38. The van der Waals surface area contributed by atoms with E-state index in [9.17, 15) is 4.79 Å². The molecule has 1 unspecified atom stereocenters. The zero-order valence-corrected chi connectivity index (χ0v) is 14.4. The van der Waals surface area contributed by atoms with Crippen molar-refractivity contribution in [1.29, 1.82) is 0 Å². The van der Waals surface area contributed by atoms with E-state index in [1.807, 2.05) is 12.1 Å². The summed E-state index contributed by atoms with van der Waals surface area (Å²) in [6.45, 7) is 2.17. The van der Waals surface area contributed by atoms with Crippen molar-refractivity contribution in [2.45, 2.75) is 50.2 Å². The molecule has 24 heavy (non-hydrogen) atoms. The molecule has 4 rings (SSSR count). The van der Waals surface area contributed by atoms with Crippen molar-refractivity contribution >= 4 is 23.5 Å². The molecule has 0 amide bonds. The number of hydrogen-bond acceptors (Lipinski definition) is 6. The number of nitrogens with zero attached hydrogens (tertiary/aromatic N) is 3. The highest BCUT2D eigenvalue weighted by Crippen LogP contribution is 2.40. The number of nitrogens with one attached hydrogen (secondary N) is 1. The standard InChI is InChI=1S/C17H20N4O2S/c1-2-3-10-24-17-19-16-18-11-6-4-7-12(22)14(11)15(21(16)20-17)13-8-5-9-23-13/h5,8-9,15H,2-4,6-7,10H2,1H3,(H,18,19,20). The van der Waals surface area contributed by atoms with Gasteiger partial charge in [-0.15, -0.1) is 5.10 Å². The number of anilines is 1. The molecule has 0 fully saturated rings. The number of hydrogen-bond donors (Lipinski definition) is 1.